The van der Waals surface area contributed by atoms with Gasteiger partial charge in [-0.2, -0.15) is 4.98 Å². The van der Waals surface area contributed by atoms with Crippen molar-refractivity contribution >= 4 is 11.0 Å². The van der Waals surface area contributed by atoms with Crippen LogP contribution in [0.25, 0.3) is 11.0 Å². The summed E-state index contributed by atoms with van der Waals surface area (Å²) in [5.41, 5.74) is -0.0724. The van der Waals surface area contributed by atoms with E-state index in [-0.39, 0.29) is 0 Å². The van der Waals surface area contributed by atoms with Gasteiger partial charge < -0.3 is 4.42 Å². The van der Waals surface area contributed by atoms with Crippen LogP contribution in [0.1, 0.15) is 33.6 Å². The molecule has 2 aromatic heterocycles. The van der Waals surface area contributed by atoms with Crippen LogP contribution in [0, 0.1) is 6.92 Å². The fourth-order valence-corrected chi connectivity index (χ4v) is 0.917. The first-order valence-corrected chi connectivity index (χ1v) is 5.35. The highest BCUT2D eigenvalue weighted by molar-refractivity contribution is 5.70. The molecule has 2 heterocycles. The average Bonchev–Trinajstić information content (AvgIpc) is 2.34. The molecule has 0 aliphatic heterocycles. The monoisotopic (exact) mass is 223 g/mol. The largest absolute Gasteiger partial charge is 0.408 e. The van der Waals surface area contributed by atoms with Crippen LogP contribution in [0.15, 0.2) is 21.7 Å². The summed E-state index contributed by atoms with van der Waals surface area (Å²) < 4.78 is 4.74. The molecule has 0 radical (unpaired) electrons. The molecule has 0 aromatic carbocycles. The van der Waals surface area contributed by atoms with E-state index in [0.717, 1.165) is 0 Å². The highest BCUT2D eigenvalue weighted by Crippen LogP contribution is 2.00. The lowest BCUT2D eigenvalue weighted by atomic mass is 10.4. The van der Waals surface area contributed by atoms with Crippen molar-refractivity contribution in [3.63, 3.8) is 0 Å². The number of fused-ring (bicyclic) bond motifs is 1. The van der Waals surface area contributed by atoms with Crippen molar-refractivity contribution in [1.82, 2.24) is 15.0 Å². The van der Waals surface area contributed by atoms with Gasteiger partial charge in [0.05, 0.1) is 0 Å². The van der Waals surface area contributed by atoms with Crippen LogP contribution in [-0.2, 0) is 0 Å². The number of hydrogen-bond donors (Lipinski definition) is 0. The molecule has 5 nitrogen and oxygen atoms in total. The molecule has 0 fully saturated rings. The van der Waals surface area contributed by atoms with Crippen molar-refractivity contribution in [2.45, 2.75) is 34.6 Å². The van der Waals surface area contributed by atoms with Gasteiger partial charge in [0, 0.05) is 13.1 Å². The van der Waals surface area contributed by atoms with E-state index < -0.39 is 5.63 Å². The minimum Gasteiger partial charge on any atom is -0.408 e. The van der Waals surface area contributed by atoms with Crippen LogP contribution < -0.4 is 5.63 Å². The summed E-state index contributed by atoms with van der Waals surface area (Å²) in [7, 11) is 0. The smallest absolute Gasteiger partial charge is 0.350 e. The number of nitrogens with zero attached hydrogens (tertiary/aromatic N) is 3. The van der Waals surface area contributed by atoms with Crippen molar-refractivity contribution in [2.75, 3.05) is 0 Å². The van der Waals surface area contributed by atoms with Crippen molar-refractivity contribution < 1.29 is 4.42 Å². The molecule has 88 valence electrons. The average molecular weight is 223 g/mol. The second-order valence-corrected chi connectivity index (χ2v) is 2.28. The molecular formula is C11H17N3O2. The Balaban J connectivity index is 0.000000509. The van der Waals surface area contributed by atoms with E-state index in [9.17, 15) is 4.79 Å². The fraction of sp³-hybridized carbons (Fsp3) is 0.455. The van der Waals surface area contributed by atoms with Gasteiger partial charge in [-0.3, -0.25) is 0 Å². The third-order valence-corrected chi connectivity index (χ3v) is 1.41. The van der Waals surface area contributed by atoms with Crippen LogP contribution in [0.3, 0.4) is 0 Å². The van der Waals surface area contributed by atoms with E-state index in [0.29, 0.717) is 16.9 Å². The summed E-state index contributed by atoms with van der Waals surface area (Å²) in [6.45, 7) is 9.60. The topological polar surface area (TPSA) is 68.9 Å². The van der Waals surface area contributed by atoms with Crippen molar-refractivity contribution in [3.05, 3.63) is 28.8 Å². The lowest BCUT2D eigenvalue weighted by Gasteiger charge is -1.93. The van der Waals surface area contributed by atoms with E-state index in [4.69, 9.17) is 4.42 Å². The molecule has 0 aliphatic rings. The molecule has 16 heavy (non-hydrogen) atoms. The predicted octanol–water partition coefficient (Wildman–Crippen LogP) is 2.34. The highest BCUT2D eigenvalue weighted by Gasteiger charge is 2.02. The van der Waals surface area contributed by atoms with E-state index in [1.807, 2.05) is 27.7 Å². The zero-order valence-electron chi connectivity index (χ0n) is 10.3. The Labute approximate surface area is 94.6 Å². The standard InChI is InChI=1S/C7H5N3O2.2C2H6/c1-4-10-6-5(7(11)12-4)2-8-3-9-6;2*1-2/h2-3H,1H3;2*1-2H3. The van der Waals surface area contributed by atoms with Gasteiger partial charge in [-0.05, 0) is 0 Å². The summed E-state index contributed by atoms with van der Waals surface area (Å²) >= 11 is 0. The quantitative estimate of drug-likeness (QED) is 0.685. The Bertz CT molecular complexity index is 480. The molecule has 0 unspecified atom stereocenters. The molecule has 0 N–H and O–H groups in total. The molecule has 0 aliphatic carbocycles. The lowest BCUT2D eigenvalue weighted by Crippen LogP contribution is -2.04. The zero-order valence-corrected chi connectivity index (χ0v) is 10.3. The molecule has 5 heteroatoms. The summed E-state index contributed by atoms with van der Waals surface area (Å²) in [5, 5.41) is 0.308. The summed E-state index contributed by atoms with van der Waals surface area (Å²) in [6, 6.07) is 0. The van der Waals surface area contributed by atoms with E-state index in [2.05, 4.69) is 15.0 Å². The van der Waals surface area contributed by atoms with Crippen LogP contribution >= 0.6 is 0 Å². The van der Waals surface area contributed by atoms with Gasteiger partial charge in [0.1, 0.15) is 11.7 Å². The van der Waals surface area contributed by atoms with Gasteiger partial charge in [0.2, 0.25) is 0 Å². The van der Waals surface area contributed by atoms with Gasteiger partial charge in [0.15, 0.2) is 11.5 Å². The minimum absolute atomic E-state index is 0.308. The van der Waals surface area contributed by atoms with Crippen LogP contribution in [0.2, 0.25) is 0 Å². The maximum absolute atomic E-state index is 11.1. The maximum atomic E-state index is 11.1. The molecular weight excluding hydrogens is 206 g/mol. The maximum Gasteiger partial charge on any atom is 0.350 e. The van der Waals surface area contributed by atoms with Crippen molar-refractivity contribution in [3.8, 4) is 0 Å². The fourth-order valence-electron chi connectivity index (χ4n) is 0.917. The lowest BCUT2D eigenvalue weighted by molar-refractivity contribution is 0.466. The Hall–Kier alpha value is -1.78. The Kier molecular flexibility index (Phi) is 6.67. The molecule has 0 atom stereocenters. The van der Waals surface area contributed by atoms with Gasteiger partial charge >= 0.3 is 5.63 Å². The van der Waals surface area contributed by atoms with E-state index in [1.165, 1.54) is 12.5 Å². The first-order chi connectivity index (χ1) is 7.77. The highest BCUT2D eigenvalue weighted by atomic mass is 16.4. The normalized spacial score (nSPS) is 8.56. The number of hydrogen-bond acceptors (Lipinski definition) is 5. The Morgan fingerprint density at radius 3 is 2.44 bits per heavy atom. The minimum atomic E-state index is -0.446. The molecule has 2 rings (SSSR count). The second kappa shape index (κ2) is 7.50. The third kappa shape index (κ3) is 3.42. The van der Waals surface area contributed by atoms with Crippen LogP contribution in [0.5, 0.6) is 0 Å². The first-order valence-electron chi connectivity index (χ1n) is 5.35. The number of rotatable bonds is 0. The number of aromatic nitrogens is 3. The van der Waals surface area contributed by atoms with Gasteiger partial charge in [-0.15, -0.1) is 0 Å². The molecule has 0 saturated heterocycles. The Morgan fingerprint density at radius 1 is 1.19 bits per heavy atom. The van der Waals surface area contributed by atoms with E-state index in [1.54, 1.807) is 6.92 Å². The number of aryl methyl sites for hydroxylation is 1. The summed E-state index contributed by atoms with van der Waals surface area (Å²) in [6.07, 6.45) is 2.73. The third-order valence-electron chi connectivity index (χ3n) is 1.41. The zero-order chi connectivity index (χ0) is 12.6. The summed E-state index contributed by atoms with van der Waals surface area (Å²) in [4.78, 5) is 22.5. The van der Waals surface area contributed by atoms with Crippen molar-refractivity contribution in [2.24, 2.45) is 0 Å². The Morgan fingerprint density at radius 2 is 1.81 bits per heavy atom. The van der Waals surface area contributed by atoms with Gasteiger partial charge in [0.25, 0.3) is 0 Å². The first kappa shape index (κ1) is 14.2. The summed E-state index contributed by atoms with van der Waals surface area (Å²) in [5.74, 6) is 0.311. The molecule has 0 amide bonds. The molecule has 0 spiro atoms. The predicted molar refractivity (Wildman–Crippen MR) is 63.3 cm³/mol. The second-order valence-electron chi connectivity index (χ2n) is 2.28. The van der Waals surface area contributed by atoms with Crippen molar-refractivity contribution in [1.29, 1.82) is 0 Å². The van der Waals surface area contributed by atoms with E-state index >= 15 is 0 Å². The molecule has 0 bridgehead atoms. The molecule has 0 saturated carbocycles. The van der Waals surface area contributed by atoms with Crippen LogP contribution in [0.4, 0.5) is 0 Å². The SMILES string of the molecule is CC.CC.Cc1nc2ncncc2c(=O)o1. The van der Waals surface area contributed by atoms with Crippen LogP contribution in [-0.4, -0.2) is 15.0 Å². The molecule has 2 aromatic rings. The van der Waals surface area contributed by atoms with Gasteiger partial charge in [-0.1, -0.05) is 27.7 Å². The van der Waals surface area contributed by atoms with Gasteiger partial charge in [-0.25, -0.2) is 14.8 Å².